The van der Waals surface area contributed by atoms with E-state index in [1.807, 2.05) is 6.92 Å². The van der Waals surface area contributed by atoms with E-state index in [4.69, 9.17) is 11.5 Å². The average Bonchev–Trinajstić information content (AvgIpc) is 3.07. The Hall–Kier alpha value is -3.35. The van der Waals surface area contributed by atoms with Crippen LogP contribution in [0.15, 0.2) is 30.7 Å². The number of hydrogen-bond acceptors (Lipinski definition) is 5. The predicted octanol–water partition coefficient (Wildman–Crippen LogP) is 2.14. The number of aromatic hydroxyl groups is 1. The molecule has 0 aliphatic heterocycles. The number of hydrogen-bond donors (Lipinski definition) is 4. The maximum absolute atomic E-state index is 11.8. The molecular weight excluding hydrogens is 306 g/mol. The molecule has 3 rings (SSSR count). The van der Waals surface area contributed by atoms with Gasteiger partial charge in [0.2, 0.25) is 0 Å². The lowest BCUT2D eigenvalue weighted by Crippen LogP contribution is -2.17. The SMILES string of the molecule is Cc1ccc(O)c(C)c1-c1cc(-c2cnc[nH]2)nc(C(N)=O)c1N. The number of carbonyl (C=O) groups excluding carboxylic acids is 1. The number of anilines is 1. The molecule has 0 saturated carbocycles. The Morgan fingerprint density at radius 1 is 1.29 bits per heavy atom. The number of imidazole rings is 1. The molecule has 7 nitrogen and oxygen atoms in total. The normalized spacial score (nSPS) is 10.8. The van der Waals surface area contributed by atoms with Crippen molar-refractivity contribution >= 4 is 11.6 Å². The minimum absolute atomic E-state index is 0.0146. The molecule has 0 radical (unpaired) electrons. The van der Waals surface area contributed by atoms with Crippen LogP contribution in [0.3, 0.4) is 0 Å². The fourth-order valence-electron chi connectivity index (χ4n) is 2.73. The number of carbonyl (C=O) groups is 1. The van der Waals surface area contributed by atoms with Crippen molar-refractivity contribution in [2.75, 3.05) is 5.73 Å². The number of aromatic nitrogens is 3. The molecule has 122 valence electrons. The fourth-order valence-corrected chi connectivity index (χ4v) is 2.73. The first kappa shape index (κ1) is 15.5. The highest BCUT2D eigenvalue weighted by molar-refractivity contribution is 6.01. The van der Waals surface area contributed by atoms with Crippen molar-refractivity contribution in [1.82, 2.24) is 15.0 Å². The van der Waals surface area contributed by atoms with Gasteiger partial charge in [0, 0.05) is 5.56 Å². The number of primary amides is 1. The lowest BCUT2D eigenvalue weighted by Gasteiger charge is -2.16. The van der Waals surface area contributed by atoms with Gasteiger partial charge in [-0.15, -0.1) is 0 Å². The predicted molar refractivity (Wildman–Crippen MR) is 91.3 cm³/mol. The van der Waals surface area contributed by atoms with E-state index in [1.54, 1.807) is 31.3 Å². The van der Waals surface area contributed by atoms with Gasteiger partial charge >= 0.3 is 0 Å². The van der Waals surface area contributed by atoms with Crippen molar-refractivity contribution in [1.29, 1.82) is 0 Å². The first-order valence-electron chi connectivity index (χ1n) is 7.28. The molecule has 0 saturated heterocycles. The summed E-state index contributed by atoms with van der Waals surface area (Å²) < 4.78 is 0. The number of nitrogen functional groups attached to an aromatic ring is 1. The van der Waals surface area contributed by atoms with Gasteiger partial charge in [-0.3, -0.25) is 4.79 Å². The molecule has 0 fully saturated rings. The summed E-state index contributed by atoms with van der Waals surface area (Å²) in [7, 11) is 0. The summed E-state index contributed by atoms with van der Waals surface area (Å²) in [4.78, 5) is 22.9. The number of aryl methyl sites for hydroxylation is 1. The summed E-state index contributed by atoms with van der Waals surface area (Å²) in [5.74, 6) is -0.568. The van der Waals surface area contributed by atoms with Gasteiger partial charge in [0.25, 0.3) is 5.91 Å². The topological polar surface area (TPSA) is 131 Å². The van der Waals surface area contributed by atoms with Gasteiger partial charge in [0.1, 0.15) is 5.75 Å². The van der Waals surface area contributed by atoms with Crippen molar-refractivity contribution in [3.63, 3.8) is 0 Å². The second-order valence-electron chi connectivity index (χ2n) is 5.55. The lowest BCUT2D eigenvalue weighted by molar-refractivity contribution is 0.0996. The minimum atomic E-state index is -0.717. The molecule has 2 heterocycles. The standard InChI is InChI=1S/C17H17N5O2/c1-8-3-4-13(23)9(2)14(8)10-5-11(12-6-20-7-21-12)22-16(15(10)18)17(19)24/h3-7,23H,18H2,1-2H3,(H2,19,24)(H,20,21). The summed E-state index contributed by atoms with van der Waals surface area (Å²) in [6.07, 6.45) is 3.11. The van der Waals surface area contributed by atoms with Gasteiger partial charge < -0.3 is 21.6 Å². The van der Waals surface area contributed by atoms with Crippen molar-refractivity contribution in [2.24, 2.45) is 5.73 Å². The van der Waals surface area contributed by atoms with Crippen LogP contribution in [-0.4, -0.2) is 26.0 Å². The zero-order valence-corrected chi connectivity index (χ0v) is 13.3. The van der Waals surface area contributed by atoms with Gasteiger partial charge in [0.05, 0.1) is 29.6 Å². The minimum Gasteiger partial charge on any atom is -0.508 e. The molecule has 0 bridgehead atoms. The largest absolute Gasteiger partial charge is 0.508 e. The summed E-state index contributed by atoms with van der Waals surface area (Å²) in [6, 6.07) is 5.16. The first-order valence-corrected chi connectivity index (χ1v) is 7.28. The van der Waals surface area contributed by atoms with Crippen LogP contribution < -0.4 is 11.5 Å². The van der Waals surface area contributed by atoms with Crippen LogP contribution in [0.25, 0.3) is 22.5 Å². The third kappa shape index (κ3) is 2.45. The maximum atomic E-state index is 11.8. The molecule has 7 heteroatoms. The summed E-state index contributed by atoms with van der Waals surface area (Å²) in [6.45, 7) is 3.69. The Labute approximate surface area is 138 Å². The van der Waals surface area contributed by atoms with Gasteiger partial charge in [-0.1, -0.05) is 6.07 Å². The smallest absolute Gasteiger partial charge is 0.269 e. The van der Waals surface area contributed by atoms with E-state index >= 15 is 0 Å². The van der Waals surface area contributed by atoms with E-state index < -0.39 is 5.91 Å². The van der Waals surface area contributed by atoms with Gasteiger partial charge in [-0.05, 0) is 42.7 Å². The highest BCUT2D eigenvalue weighted by Gasteiger charge is 2.20. The highest BCUT2D eigenvalue weighted by Crippen LogP contribution is 2.38. The number of phenols is 1. The average molecular weight is 323 g/mol. The number of pyridine rings is 1. The molecule has 2 aromatic heterocycles. The molecule has 6 N–H and O–H groups in total. The quantitative estimate of drug-likeness (QED) is 0.586. The van der Waals surface area contributed by atoms with Gasteiger partial charge in [-0.25, -0.2) is 9.97 Å². The number of phenolic OH excluding ortho intramolecular Hbond substituents is 1. The Morgan fingerprint density at radius 3 is 2.67 bits per heavy atom. The number of nitrogens with zero attached hydrogens (tertiary/aromatic N) is 2. The molecule has 1 amide bonds. The van der Waals surface area contributed by atoms with E-state index in [1.165, 1.54) is 6.33 Å². The van der Waals surface area contributed by atoms with Crippen molar-refractivity contribution < 1.29 is 9.90 Å². The zero-order chi connectivity index (χ0) is 17.4. The molecule has 1 aromatic carbocycles. The van der Waals surface area contributed by atoms with Crippen LogP contribution in [0.5, 0.6) is 5.75 Å². The van der Waals surface area contributed by atoms with Gasteiger partial charge in [-0.2, -0.15) is 0 Å². The molecular formula is C17H17N5O2. The highest BCUT2D eigenvalue weighted by atomic mass is 16.3. The molecule has 0 spiro atoms. The van der Waals surface area contributed by atoms with Crippen LogP contribution in [0, 0.1) is 13.8 Å². The number of aromatic amines is 1. The number of amides is 1. The molecule has 0 unspecified atom stereocenters. The number of nitrogens with two attached hydrogens (primary N) is 2. The number of H-pyrrole nitrogens is 1. The lowest BCUT2D eigenvalue weighted by atomic mass is 9.93. The molecule has 0 atom stereocenters. The van der Waals surface area contributed by atoms with Crippen LogP contribution in [0.1, 0.15) is 21.6 Å². The van der Waals surface area contributed by atoms with Crippen LogP contribution in [0.2, 0.25) is 0 Å². The fraction of sp³-hybridized carbons (Fsp3) is 0.118. The number of rotatable bonds is 3. The Kier molecular flexibility index (Phi) is 3.69. The number of nitrogens with one attached hydrogen (secondary N) is 1. The summed E-state index contributed by atoms with van der Waals surface area (Å²) in [5, 5.41) is 10.0. The van der Waals surface area contributed by atoms with E-state index in [0.29, 0.717) is 22.5 Å². The maximum Gasteiger partial charge on any atom is 0.269 e. The van der Waals surface area contributed by atoms with E-state index in [9.17, 15) is 9.90 Å². The molecule has 0 aliphatic carbocycles. The Bertz CT molecular complexity index is 933. The van der Waals surface area contributed by atoms with Crippen molar-refractivity contribution in [3.05, 3.63) is 47.5 Å². The van der Waals surface area contributed by atoms with Gasteiger partial charge in [0.15, 0.2) is 5.69 Å². The van der Waals surface area contributed by atoms with Crippen LogP contribution >= 0.6 is 0 Å². The second-order valence-corrected chi connectivity index (χ2v) is 5.55. The van der Waals surface area contributed by atoms with E-state index in [-0.39, 0.29) is 17.1 Å². The third-order valence-corrected chi connectivity index (χ3v) is 3.98. The van der Waals surface area contributed by atoms with Crippen LogP contribution in [-0.2, 0) is 0 Å². The van der Waals surface area contributed by atoms with E-state index in [0.717, 1.165) is 11.1 Å². The number of benzene rings is 1. The Morgan fingerprint density at radius 2 is 2.04 bits per heavy atom. The van der Waals surface area contributed by atoms with Crippen molar-refractivity contribution in [2.45, 2.75) is 13.8 Å². The third-order valence-electron chi connectivity index (χ3n) is 3.98. The molecule has 3 aromatic rings. The zero-order valence-electron chi connectivity index (χ0n) is 13.3. The summed E-state index contributed by atoms with van der Waals surface area (Å²) in [5.41, 5.74) is 15.8. The van der Waals surface area contributed by atoms with E-state index in [2.05, 4.69) is 15.0 Å². The van der Waals surface area contributed by atoms with Crippen LogP contribution in [0.4, 0.5) is 5.69 Å². The summed E-state index contributed by atoms with van der Waals surface area (Å²) >= 11 is 0. The molecule has 24 heavy (non-hydrogen) atoms. The van der Waals surface area contributed by atoms with Crippen molar-refractivity contribution in [3.8, 4) is 28.3 Å². The monoisotopic (exact) mass is 323 g/mol. The first-order chi connectivity index (χ1) is 11.4. The molecule has 0 aliphatic rings. The Balaban J connectivity index is 2.36. The second kappa shape index (κ2) is 5.69.